The number of carboxylic acids is 2. The van der Waals surface area contributed by atoms with Crippen molar-refractivity contribution in [3.8, 4) is 0 Å². The summed E-state index contributed by atoms with van der Waals surface area (Å²) in [6.45, 7) is 12.7. The SMILES string of the molecule is CC(=O)OOC(C)=O.CO.Cc1cccc(F)c1Cn1c2c(c(=O)n(C[C@H](N)c3ccccc3)c1=O)C1(CC2)CCN(Cc2cccc(Cl)c2)CC1.Cc1cccc(F)c1Cn1c2c(c(=O)n(C[C@H](NCCCC(=O)O)c3ccccc3)c1=O)C1(CC2)CCN(Cc2cccc(Cl)c2)CC1.O=CCCC(=O)O.[B-]OC(C)=O.[Na+]. The number of nitrogens with one attached hydrogen (secondary N) is 1. The van der Waals surface area contributed by atoms with Gasteiger partial charge in [-0.3, -0.25) is 52.0 Å². The molecule has 0 amide bonds. The van der Waals surface area contributed by atoms with Crippen LogP contribution in [0.15, 0.2) is 165 Å². The van der Waals surface area contributed by atoms with Gasteiger partial charge in [-0.1, -0.05) is 132 Å². The molecule has 113 heavy (non-hydrogen) atoms. The molecule has 4 heterocycles. The average Bonchev–Trinajstić information content (AvgIpc) is 1.60. The summed E-state index contributed by atoms with van der Waals surface area (Å²) >= 11 is 12.5. The van der Waals surface area contributed by atoms with E-state index in [-0.39, 0.29) is 109 Å². The largest absolute Gasteiger partial charge is 1.00 e. The summed E-state index contributed by atoms with van der Waals surface area (Å²) in [5.41, 5.74) is 13.8. The molecule has 2 saturated heterocycles. The number of fused-ring (bicyclic) bond motifs is 4. The third-order valence-electron chi connectivity index (χ3n) is 20.4. The summed E-state index contributed by atoms with van der Waals surface area (Å²) in [6, 6.07) is 43.8. The molecule has 24 nitrogen and oxygen atoms in total. The van der Waals surface area contributed by atoms with Gasteiger partial charge in [0.15, 0.2) is 0 Å². The van der Waals surface area contributed by atoms with Crippen LogP contribution in [0.5, 0.6) is 0 Å². The number of likely N-dealkylation sites (tertiary alicyclic amines) is 2. The molecule has 597 valence electrons. The monoisotopic (exact) mass is 1600 g/mol. The predicted octanol–water partition coefficient (Wildman–Crippen LogP) is 7.50. The summed E-state index contributed by atoms with van der Waals surface area (Å²) in [7, 11) is 5.32. The van der Waals surface area contributed by atoms with Crippen LogP contribution in [0.1, 0.15) is 164 Å². The van der Waals surface area contributed by atoms with Crippen molar-refractivity contribution in [2.75, 3.05) is 39.8 Å². The van der Waals surface area contributed by atoms with Crippen molar-refractivity contribution < 1.29 is 96.9 Å². The van der Waals surface area contributed by atoms with E-state index < -0.39 is 53.3 Å². The van der Waals surface area contributed by atoms with Crippen LogP contribution in [0.3, 0.4) is 0 Å². The Morgan fingerprint density at radius 1 is 0.558 bits per heavy atom. The molecule has 4 aliphatic rings. The number of hydrogen-bond acceptors (Lipinski definition) is 18. The van der Waals surface area contributed by atoms with Gasteiger partial charge in [0, 0.05) is 114 Å². The summed E-state index contributed by atoms with van der Waals surface area (Å²) in [6.07, 6.45) is 7.03. The number of carbonyl (C=O) groups is 6. The number of aliphatic carboxylic acids is 2. The van der Waals surface area contributed by atoms with E-state index in [9.17, 15) is 47.9 Å². The van der Waals surface area contributed by atoms with Crippen LogP contribution in [-0.4, -0.2) is 127 Å². The number of aromatic nitrogens is 4. The molecule has 12 rings (SSSR count). The van der Waals surface area contributed by atoms with Gasteiger partial charge in [0.1, 0.15) is 17.9 Å². The van der Waals surface area contributed by atoms with Crippen molar-refractivity contribution in [1.82, 2.24) is 33.4 Å². The second-order valence-electron chi connectivity index (χ2n) is 27.9. The zero-order valence-electron chi connectivity index (χ0n) is 64.9. The fraction of sp³-hybridized carbons (Fsp3) is 0.398. The number of carboxylic acid groups (broad SMARTS) is 2. The average molecular weight is 1610 g/mol. The van der Waals surface area contributed by atoms with Crippen LogP contribution in [0.2, 0.25) is 10.0 Å². The molecule has 6 N–H and O–H groups in total. The third-order valence-corrected chi connectivity index (χ3v) is 20.9. The molecule has 0 unspecified atom stereocenters. The van der Waals surface area contributed by atoms with Gasteiger partial charge in [-0.05, 0) is 174 Å². The topological polar surface area (TPSA) is 323 Å². The Balaban J connectivity index is 0.000000278. The quantitative estimate of drug-likeness (QED) is 0.0144. The molecule has 2 aliphatic heterocycles. The minimum absolute atomic E-state index is 0. The van der Waals surface area contributed by atoms with Crippen molar-refractivity contribution in [2.24, 2.45) is 5.73 Å². The Labute approximate surface area is 688 Å². The predicted molar refractivity (Wildman–Crippen MR) is 422 cm³/mol. The maximum Gasteiger partial charge on any atom is 1.00 e. The molecule has 8 aromatic rings. The molecular formula is C83H97BCl2F2N8NaO16. The first-order valence-electron chi connectivity index (χ1n) is 36.9. The van der Waals surface area contributed by atoms with Crippen LogP contribution in [0.4, 0.5) is 8.78 Å². The number of aryl methyl sites for hydroxylation is 2. The zero-order valence-corrected chi connectivity index (χ0v) is 68.4. The van der Waals surface area contributed by atoms with Crippen molar-refractivity contribution in [3.63, 3.8) is 0 Å². The Kier molecular flexibility index (Phi) is 37.1. The number of carbonyl (C=O) groups excluding carboxylic acids is 4. The van der Waals surface area contributed by atoms with Crippen molar-refractivity contribution in [1.29, 1.82) is 0 Å². The number of rotatable bonds is 22. The second kappa shape index (κ2) is 45.2. The molecule has 0 bridgehead atoms. The molecule has 2 aromatic heterocycles. The molecule has 2 aliphatic carbocycles. The molecule has 2 spiro atoms. The Morgan fingerprint density at radius 2 is 0.956 bits per heavy atom. The van der Waals surface area contributed by atoms with Crippen LogP contribution in [0.25, 0.3) is 0 Å². The second-order valence-corrected chi connectivity index (χ2v) is 28.8. The number of hydrogen-bond donors (Lipinski definition) is 5. The molecule has 3 radical (unpaired) electrons. The Morgan fingerprint density at radius 3 is 1.32 bits per heavy atom. The van der Waals surface area contributed by atoms with Gasteiger partial charge in [-0.2, -0.15) is 0 Å². The van der Waals surface area contributed by atoms with E-state index in [0.29, 0.717) is 53.8 Å². The van der Waals surface area contributed by atoms with Crippen LogP contribution < -0.4 is 63.1 Å². The number of halogens is 4. The van der Waals surface area contributed by atoms with Gasteiger partial charge in [0.25, 0.3) is 11.1 Å². The molecule has 0 saturated carbocycles. The van der Waals surface area contributed by atoms with Gasteiger partial charge in [-0.15, -0.1) is 0 Å². The summed E-state index contributed by atoms with van der Waals surface area (Å²) < 4.78 is 39.8. The smallest absolute Gasteiger partial charge is 0.793 e. The van der Waals surface area contributed by atoms with Gasteiger partial charge < -0.3 is 43.9 Å². The Hall–Kier alpha value is -9.00. The number of aliphatic hydroxyl groups is 1. The first-order valence-corrected chi connectivity index (χ1v) is 37.6. The minimum atomic E-state index is -0.924. The van der Waals surface area contributed by atoms with E-state index in [1.165, 1.54) is 28.2 Å². The molecule has 30 heteroatoms. The van der Waals surface area contributed by atoms with Gasteiger partial charge in [0.2, 0.25) is 5.97 Å². The molecule has 2 fully saturated rings. The first-order chi connectivity index (χ1) is 53.6. The fourth-order valence-electron chi connectivity index (χ4n) is 14.8. The number of aliphatic hydroxyl groups excluding tert-OH is 1. The van der Waals surface area contributed by atoms with Gasteiger partial charge in [-0.25, -0.2) is 37.7 Å². The van der Waals surface area contributed by atoms with E-state index in [4.69, 9.17) is 44.3 Å². The summed E-state index contributed by atoms with van der Waals surface area (Å²) in [5.74, 6) is -4.27. The van der Waals surface area contributed by atoms with Gasteiger partial charge >= 0.3 is 64.8 Å². The molecule has 6 aromatic carbocycles. The first kappa shape index (κ1) is 92.9. The maximum absolute atomic E-state index is 15.2. The van der Waals surface area contributed by atoms with E-state index in [2.05, 4.69) is 49.7 Å². The number of benzene rings is 6. The summed E-state index contributed by atoms with van der Waals surface area (Å²) in [5, 5.41) is 28.9. The zero-order chi connectivity index (χ0) is 81.8. The molecular weight excluding hydrogens is 1510 g/mol. The van der Waals surface area contributed by atoms with E-state index >= 15 is 8.78 Å². The van der Waals surface area contributed by atoms with Crippen LogP contribution >= 0.6 is 23.2 Å². The van der Waals surface area contributed by atoms with Gasteiger partial charge in [0.05, 0.1) is 38.6 Å². The minimum Gasteiger partial charge on any atom is -0.793 e. The van der Waals surface area contributed by atoms with E-state index in [1.807, 2.05) is 123 Å². The molecule has 2 atom stereocenters. The van der Waals surface area contributed by atoms with E-state index in [1.54, 1.807) is 21.3 Å². The summed E-state index contributed by atoms with van der Waals surface area (Å²) in [4.78, 5) is 129. The van der Waals surface area contributed by atoms with Crippen LogP contribution in [0, 0.1) is 25.5 Å². The van der Waals surface area contributed by atoms with Crippen LogP contribution in [-0.2, 0) is 106 Å². The van der Waals surface area contributed by atoms with Crippen molar-refractivity contribution >= 4 is 67.4 Å². The van der Waals surface area contributed by atoms with E-state index in [0.717, 1.165) is 154 Å². The Bertz CT molecular complexity index is 4750. The third kappa shape index (κ3) is 26.0. The normalized spacial score (nSPS) is 14.6. The number of aldehydes is 1. The number of nitrogens with two attached hydrogens (primary N) is 1. The fourth-order valence-corrected chi connectivity index (χ4v) is 15.2. The maximum atomic E-state index is 15.2. The number of piperidine rings is 2. The standard InChI is InChI=1S/C38H42ClFN4O4.C34H36ClFN4O2.C4H6O4.C4H6O3.C2H3BO2.CH4O.Na/c1-26-8-5-13-31(40)30(26)24-43-33-15-16-38(17-20-42(21-18-38)23-27-9-6-12-29(39)22-27)35(33)36(47)44(37(43)48)25-32(28-10-3-2-4-11-28)41-19-7-14-34(45)46;1-23-7-5-12-28(36)27(23)21-39-30-13-14-34(15-17-38(18-16-34)20-24-8-6-11-26(35)19-24)31(30)32(41)40(33(39)42)22-29(37)25-9-3-2-4-10-25;1-3(5)7-8-4(2)6;5-3-1-2-4(6)7;1-2(4)5-3;1-2;/h2-6,8-13,22,32,41H,7,14-21,23-25H2,1H3,(H,45,46);2-12,19,29H,13-18,20-22,37H2,1H3;1-2H3;3H,1-2H2,(H,6,7);1H3;2H,1H3;/q;;;;-1;;+1/t32-;29-;;;;;/m00...../s1. The van der Waals surface area contributed by atoms with Crippen molar-refractivity contribution in [3.05, 3.63) is 276 Å². The number of nitrogens with zero attached hydrogens (tertiary/aromatic N) is 6. The van der Waals surface area contributed by atoms with Crippen molar-refractivity contribution in [2.45, 2.75) is 174 Å².